The summed E-state index contributed by atoms with van der Waals surface area (Å²) in [6.07, 6.45) is 5.50. The Bertz CT molecular complexity index is 992. The summed E-state index contributed by atoms with van der Waals surface area (Å²) in [5.41, 5.74) is 7.32. The molecule has 0 aliphatic heterocycles. The highest BCUT2D eigenvalue weighted by atomic mass is 32.2. The fourth-order valence-corrected chi connectivity index (χ4v) is 4.01. The molecule has 1 aromatic heterocycles. The van der Waals surface area contributed by atoms with Gasteiger partial charge in [-0.15, -0.1) is 0 Å². The van der Waals surface area contributed by atoms with Crippen LogP contribution in [0, 0.1) is 0 Å². The molecule has 36 heavy (non-hydrogen) atoms. The first-order valence-electron chi connectivity index (χ1n) is 11.3. The van der Waals surface area contributed by atoms with Crippen LogP contribution in [0.2, 0.25) is 0 Å². The van der Waals surface area contributed by atoms with E-state index in [0.717, 1.165) is 5.56 Å². The third-order valence-electron chi connectivity index (χ3n) is 5.29. The number of H-pyrrole nitrogens is 1. The monoisotopic (exact) mass is 536 g/mol. The zero-order chi connectivity index (χ0) is 26.5. The third kappa shape index (κ3) is 9.55. The van der Waals surface area contributed by atoms with E-state index >= 15 is 0 Å². The summed E-state index contributed by atoms with van der Waals surface area (Å²) >= 11 is 5.53. The van der Waals surface area contributed by atoms with Crippen molar-refractivity contribution in [3.05, 3.63) is 54.1 Å². The maximum atomic E-state index is 13.3. The SMILES string of the molecule is CSCCC(N)C(=O)NC(Cc1cnc[nH]1)C(=O)NC(Cc1ccccc1)C(=O)NC(CS)C(=O)O. The Labute approximate surface area is 219 Å². The van der Waals surface area contributed by atoms with Crippen LogP contribution in [0.5, 0.6) is 0 Å². The van der Waals surface area contributed by atoms with E-state index in [1.54, 1.807) is 36.0 Å². The van der Waals surface area contributed by atoms with Crippen LogP contribution in [0.3, 0.4) is 0 Å². The first-order chi connectivity index (χ1) is 17.2. The zero-order valence-electron chi connectivity index (χ0n) is 19.8. The molecule has 0 radical (unpaired) electrons. The summed E-state index contributed by atoms with van der Waals surface area (Å²) in [7, 11) is 0. The fraction of sp³-hybridized carbons (Fsp3) is 0.435. The van der Waals surface area contributed by atoms with Crippen molar-refractivity contribution in [1.29, 1.82) is 0 Å². The number of nitrogens with two attached hydrogens (primary N) is 1. The number of thioether (sulfide) groups is 1. The van der Waals surface area contributed by atoms with Gasteiger partial charge in [0.05, 0.1) is 12.4 Å². The van der Waals surface area contributed by atoms with Crippen LogP contribution < -0.4 is 21.7 Å². The molecule has 0 saturated carbocycles. The number of carbonyl (C=O) groups excluding carboxylic acids is 3. The Morgan fingerprint density at radius 3 is 2.19 bits per heavy atom. The van der Waals surface area contributed by atoms with Crippen molar-refractivity contribution < 1.29 is 24.3 Å². The van der Waals surface area contributed by atoms with Crippen LogP contribution in [0.15, 0.2) is 42.9 Å². The second-order valence-corrected chi connectivity index (χ2v) is 9.41. The number of carbonyl (C=O) groups is 4. The molecule has 2 rings (SSSR count). The van der Waals surface area contributed by atoms with Gasteiger partial charge in [0, 0.05) is 30.5 Å². The van der Waals surface area contributed by atoms with E-state index in [9.17, 15) is 24.3 Å². The van der Waals surface area contributed by atoms with Crippen LogP contribution in [-0.4, -0.2) is 80.7 Å². The largest absolute Gasteiger partial charge is 0.480 e. The van der Waals surface area contributed by atoms with E-state index in [1.165, 1.54) is 12.5 Å². The van der Waals surface area contributed by atoms with E-state index in [2.05, 4.69) is 38.5 Å². The molecule has 0 fully saturated rings. The highest BCUT2D eigenvalue weighted by molar-refractivity contribution is 7.98. The lowest BCUT2D eigenvalue weighted by Gasteiger charge is -2.25. The normalized spacial score (nSPS) is 14.2. The number of carboxylic acid groups (broad SMARTS) is 1. The lowest BCUT2D eigenvalue weighted by molar-refractivity contribution is -0.141. The van der Waals surface area contributed by atoms with Crippen molar-refractivity contribution in [2.45, 2.75) is 43.4 Å². The lowest BCUT2D eigenvalue weighted by Crippen LogP contribution is -2.58. The number of nitrogens with zero attached hydrogens (tertiary/aromatic N) is 1. The minimum atomic E-state index is -1.24. The van der Waals surface area contributed by atoms with Gasteiger partial charge in [-0.2, -0.15) is 24.4 Å². The van der Waals surface area contributed by atoms with Crippen molar-refractivity contribution in [3.63, 3.8) is 0 Å². The predicted octanol–water partition coefficient (Wildman–Crippen LogP) is -0.256. The molecule has 11 nitrogen and oxygen atoms in total. The number of hydrogen-bond acceptors (Lipinski definition) is 8. The first-order valence-corrected chi connectivity index (χ1v) is 13.3. The van der Waals surface area contributed by atoms with Crippen LogP contribution in [-0.2, 0) is 32.0 Å². The molecule has 0 aliphatic carbocycles. The Morgan fingerprint density at radius 2 is 1.64 bits per heavy atom. The summed E-state index contributed by atoms with van der Waals surface area (Å²) in [5.74, 6) is -2.48. The molecule has 1 aromatic carbocycles. The Kier molecular flexibility index (Phi) is 12.3. The standard InChI is InChI=1S/C23H32N6O5S2/c1-36-8-7-16(24)20(30)27-18(10-15-11-25-13-26-15)22(32)28-17(9-14-5-3-2-4-6-14)21(31)29-19(12-35)23(33)34/h2-6,11,13,16-19,35H,7-10,12,24H2,1H3,(H,25,26)(H,27,30)(H,28,32)(H,29,31)(H,33,34). The van der Waals surface area contributed by atoms with Gasteiger partial charge in [-0.25, -0.2) is 9.78 Å². The van der Waals surface area contributed by atoms with Gasteiger partial charge in [0.25, 0.3) is 0 Å². The maximum absolute atomic E-state index is 13.3. The Hall–Kier alpha value is -3.03. The molecule has 0 aliphatic rings. The summed E-state index contributed by atoms with van der Waals surface area (Å²) in [6, 6.07) is 4.78. The zero-order valence-corrected chi connectivity index (χ0v) is 21.6. The van der Waals surface area contributed by atoms with Gasteiger partial charge >= 0.3 is 5.97 Å². The molecular formula is C23H32N6O5S2. The second-order valence-electron chi connectivity index (χ2n) is 8.06. The molecule has 7 N–H and O–H groups in total. The minimum Gasteiger partial charge on any atom is -0.480 e. The van der Waals surface area contributed by atoms with Crippen molar-refractivity contribution in [2.75, 3.05) is 17.8 Å². The number of hydrogen-bond donors (Lipinski definition) is 7. The molecule has 0 bridgehead atoms. The first kappa shape index (κ1) is 29.2. The average molecular weight is 537 g/mol. The highest BCUT2D eigenvalue weighted by Crippen LogP contribution is 2.07. The van der Waals surface area contributed by atoms with Crippen LogP contribution in [0.4, 0.5) is 0 Å². The Balaban J connectivity index is 2.23. The fourth-order valence-electron chi connectivity index (χ4n) is 3.27. The molecule has 2 aromatic rings. The number of nitrogens with one attached hydrogen (secondary N) is 4. The number of thiol groups is 1. The molecule has 196 valence electrons. The minimum absolute atomic E-state index is 0.0842. The predicted molar refractivity (Wildman–Crippen MR) is 141 cm³/mol. The summed E-state index contributed by atoms with van der Waals surface area (Å²) < 4.78 is 0. The lowest BCUT2D eigenvalue weighted by atomic mass is 10.0. The van der Waals surface area contributed by atoms with Gasteiger partial charge in [-0.05, 0) is 24.0 Å². The number of imidazole rings is 1. The quantitative estimate of drug-likeness (QED) is 0.152. The van der Waals surface area contributed by atoms with Crippen molar-refractivity contribution in [2.24, 2.45) is 5.73 Å². The van der Waals surface area contributed by atoms with E-state index in [-0.39, 0.29) is 18.6 Å². The number of carboxylic acids is 1. The van der Waals surface area contributed by atoms with Gasteiger partial charge in [0.2, 0.25) is 17.7 Å². The smallest absolute Gasteiger partial charge is 0.327 e. The van der Waals surface area contributed by atoms with Gasteiger partial charge in [-0.3, -0.25) is 14.4 Å². The van der Waals surface area contributed by atoms with Crippen LogP contribution in [0.25, 0.3) is 0 Å². The molecule has 1 heterocycles. The van der Waals surface area contributed by atoms with Gasteiger partial charge in [-0.1, -0.05) is 30.3 Å². The molecule has 0 spiro atoms. The number of aliphatic carboxylic acids is 1. The molecule has 4 atom stereocenters. The topological polar surface area (TPSA) is 179 Å². The second kappa shape index (κ2) is 15.2. The average Bonchev–Trinajstić information content (AvgIpc) is 3.38. The van der Waals surface area contributed by atoms with E-state index < -0.39 is 47.9 Å². The summed E-state index contributed by atoms with van der Waals surface area (Å²) in [5, 5.41) is 17.0. The van der Waals surface area contributed by atoms with Crippen molar-refractivity contribution >= 4 is 48.1 Å². The van der Waals surface area contributed by atoms with Crippen molar-refractivity contribution in [1.82, 2.24) is 25.9 Å². The number of amides is 3. The summed E-state index contributed by atoms with van der Waals surface area (Å²) in [6.45, 7) is 0. The molecule has 0 saturated heterocycles. The maximum Gasteiger partial charge on any atom is 0.327 e. The van der Waals surface area contributed by atoms with Gasteiger partial charge < -0.3 is 31.8 Å². The third-order valence-corrected chi connectivity index (χ3v) is 6.30. The molecule has 3 amide bonds. The molecule has 4 unspecified atom stereocenters. The number of aromatic nitrogens is 2. The van der Waals surface area contributed by atoms with Crippen LogP contribution in [0.1, 0.15) is 17.7 Å². The Morgan fingerprint density at radius 1 is 1.03 bits per heavy atom. The van der Waals surface area contributed by atoms with E-state index in [4.69, 9.17) is 5.73 Å². The van der Waals surface area contributed by atoms with Crippen LogP contribution >= 0.6 is 24.4 Å². The van der Waals surface area contributed by atoms with Gasteiger partial charge in [0.15, 0.2) is 0 Å². The number of benzene rings is 1. The van der Waals surface area contributed by atoms with E-state index in [0.29, 0.717) is 17.9 Å². The number of rotatable bonds is 15. The van der Waals surface area contributed by atoms with Crippen molar-refractivity contribution in [3.8, 4) is 0 Å². The highest BCUT2D eigenvalue weighted by Gasteiger charge is 2.30. The summed E-state index contributed by atoms with van der Waals surface area (Å²) in [4.78, 5) is 57.2. The van der Waals surface area contributed by atoms with Gasteiger partial charge in [0.1, 0.15) is 18.1 Å². The molecule has 13 heteroatoms. The number of aromatic amines is 1. The molecular weight excluding hydrogens is 504 g/mol. The van der Waals surface area contributed by atoms with E-state index in [1.807, 2.05) is 12.3 Å².